The number of fused-ring (bicyclic) bond motifs is 1. The smallest absolute Gasteiger partial charge is 0.335 e. The van der Waals surface area contributed by atoms with Gasteiger partial charge in [0.25, 0.3) is 10.0 Å². The molecule has 1 aromatic carbocycles. The number of nitrogens with zero attached hydrogens (tertiary/aromatic N) is 4. The summed E-state index contributed by atoms with van der Waals surface area (Å²) in [5, 5.41) is 6.61. The van der Waals surface area contributed by atoms with Crippen LogP contribution in [0, 0.1) is 0 Å². The number of urea groups is 1. The van der Waals surface area contributed by atoms with Crippen molar-refractivity contribution < 1.29 is 22.7 Å². The van der Waals surface area contributed by atoms with Gasteiger partial charge in [0.05, 0.1) is 25.8 Å². The van der Waals surface area contributed by atoms with Crippen LogP contribution in [-0.4, -0.2) is 48.4 Å². The summed E-state index contributed by atoms with van der Waals surface area (Å²) in [6, 6.07) is 7.05. The van der Waals surface area contributed by atoms with E-state index in [4.69, 9.17) is 9.47 Å². The Morgan fingerprint density at radius 2 is 1.74 bits per heavy atom. The fraction of sp³-hybridized carbons (Fsp3) is 0.200. The van der Waals surface area contributed by atoms with Crippen LogP contribution >= 0.6 is 0 Å². The van der Waals surface area contributed by atoms with Crippen LogP contribution in [0.1, 0.15) is 0 Å². The van der Waals surface area contributed by atoms with Crippen molar-refractivity contribution >= 4 is 32.9 Å². The molecule has 0 aliphatic rings. The Balaban J connectivity index is 1.86. The SMILES string of the molecule is COc1cc(OC)nc(NC(=O)NS(=O)(=O)c2c3ccccc3nn2C)n1. The van der Waals surface area contributed by atoms with Gasteiger partial charge in [0, 0.05) is 12.4 Å². The lowest BCUT2D eigenvalue weighted by molar-refractivity contribution is 0.256. The molecule has 0 unspecified atom stereocenters. The molecular formula is C15H16N6O5S. The second-order valence-corrected chi connectivity index (χ2v) is 6.88. The monoisotopic (exact) mass is 392 g/mol. The van der Waals surface area contributed by atoms with Gasteiger partial charge in [-0.25, -0.2) is 9.52 Å². The van der Waals surface area contributed by atoms with E-state index in [2.05, 4.69) is 20.4 Å². The van der Waals surface area contributed by atoms with E-state index in [-0.39, 0.29) is 22.7 Å². The Hall–Kier alpha value is -3.41. The van der Waals surface area contributed by atoms with E-state index < -0.39 is 16.1 Å². The van der Waals surface area contributed by atoms with Gasteiger partial charge in [-0.3, -0.25) is 10.00 Å². The first-order valence-corrected chi connectivity index (χ1v) is 9.05. The van der Waals surface area contributed by atoms with Crippen molar-refractivity contribution in [2.45, 2.75) is 5.03 Å². The van der Waals surface area contributed by atoms with E-state index >= 15 is 0 Å². The minimum Gasteiger partial charge on any atom is -0.481 e. The minimum absolute atomic E-state index is 0.137. The number of carbonyl (C=O) groups excluding carboxylic acids is 1. The van der Waals surface area contributed by atoms with Gasteiger partial charge in [-0.05, 0) is 12.1 Å². The average Bonchev–Trinajstić information content (AvgIpc) is 2.97. The van der Waals surface area contributed by atoms with Crippen molar-refractivity contribution in [3.05, 3.63) is 30.3 Å². The van der Waals surface area contributed by atoms with Crippen LogP contribution in [-0.2, 0) is 17.1 Å². The number of carbonyl (C=O) groups is 1. The standard InChI is InChI=1S/C15H16N6O5S/c1-21-13(9-6-4-5-7-10(9)19-21)27(23,24)20-15(22)18-14-16-11(25-2)8-12(17-14)26-3/h4-8H,1-3H3,(H2,16,17,18,20,22). The van der Waals surface area contributed by atoms with Gasteiger partial charge in [0.1, 0.15) is 0 Å². The molecule has 2 amide bonds. The number of hydrogen-bond donors (Lipinski definition) is 2. The van der Waals surface area contributed by atoms with Crippen LogP contribution < -0.4 is 19.5 Å². The van der Waals surface area contributed by atoms with E-state index in [1.165, 1.54) is 32.0 Å². The molecule has 0 spiro atoms. The van der Waals surface area contributed by atoms with Crippen molar-refractivity contribution in [2.24, 2.45) is 7.05 Å². The number of aromatic nitrogens is 4. The Morgan fingerprint density at radius 1 is 1.11 bits per heavy atom. The van der Waals surface area contributed by atoms with Gasteiger partial charge in [0.15, 0.2) is 5.03 Å². The number of ether oxygens (including phenoxy) is 2. The van der Waals surface area contributed by atoms with Gasteiger partial charge in [0.2, 0.25) is 17.7 Å². The summed E-state index contributed by atoms with van der Waals surface area (Å²) in [6.45, 7) is 0. The molecule has 2 aromatic heterocycles. The summed E-state index contributed by atoms with van der Waals surface area (Å²) in [6.07, 6.45) is 0. The highest BCUT2D eigenvalue weighted by molar-refractivity contribution is 7.90. The molecule has 0 atom stereocenters. The first-order chi connectivity index (χ1) is 12.8. The second kappa shape index (κ2) is 7.07. The lowest BCUT2D eigenvalue weighted by atomic mass is 10.3. The number of hydrogen-bond acceptors (Lipinski definition) is 8. The molecule has 27 heavy (non-hydrogen) atoms. The fourth-order valence-electron chi connectivity index (χ4n) is 2.41. The molecule has 0 saturated heterocycles. The lowest BCUT2D eigenvalue weighted by Crippen LogP contribution is -2.35. The molecule has 2 N–H and O–H groups in total. The first kappa shape index (κ1) is 18.4. The Kier molecular flexibility index (Phi) is 4.81. The van der Waals surface area contributed by atoms with E-state index in [0.29, 0.717) is 10.9 Å². The normalized spacial score (nSPS) is 11.2. The molecule has 12 heteroatoms. The lowest BCUT2D eigenvalue weighted by Gasteiger charge is -2.10. The fourth-order valence-corrected chi connectivity index (χ4v) is 3.65. The molecular weight excluding hydrogens is 376 g/mol. The largest absolute Gasteiger partial charge is 0.481 e. The van der Waals surface area contributed by atoms with Gasteiger partial charge < -0.3 is 9.47 Å². The molecule has 2 heterocycles. The Labute approximate surface area is 154 Å². The zero-order chi connectivity index (χ0) is 19.6. The maximum Gasteiger partial charge on any atom is 0.335 e. The van der Waals surface area contributed by atoms with Gasteiger partial charge in [-0.15, -0.1) is 0 Å². The zero-order valence-electron chi connectivity index (χ0n) is 14.6. The van der Waals surface area contributed by atoms with Crippen LogP contribution in [0.25, 0.3) is 10.9 Å². The number of aryl methyl sites for hydroxylation is 1. The Bertz CT molecular complexity index is 1090. The minimum atomic E-state index is -4.20. The predicted molar refractivity (Wildman–Crippen MR) is 95.2 cm³/mol. The predicted octanol–water partition coefficient (Wildman–Crippen LogP) is 0.891. The van der Waals surface area contributed by atoms with Gasteiger partial charge in [-0.2, -0.15) is 23.5 Å². The highest BCUT2D eigenvalue weighted by Gasteiger charge is 2.25. The average molecular weight is 392 g/mol. The molecule has 0 fully saturated rings. The number of rotatable bonds is 5. The summed E-state index contributed by atoms with van der Waals surface area (Å²) in [5.74, 6) is 0.0871. The Morgan fingerprint density at radius 3 is 2.37 bits per heavy atom. The molecule has 0 aliphatic heterocycles. The maximum absolute atomic E-state index is 12.7. The van der Waals surface area contributed by atoms with E-state index in [1.54, 1.807) is 24.3 Å². The zero-order valence-corrected chi connectivity index (χ0v) is 15.4. The number of benzene rings is 1. The number of anilines is 1. The highest BCUT2D eigenvalue weighted by atomic mass is 32.2. The van der Waals surface area contributed by atoms with Crippen molar-refractivity contribution in [1.29, 1.82) is 0 Å². The van der Waals surface area contributed by atoms with Crippen molar-refractivity contribution in [3.8, 4) is 11.8 Å². The van der Waals surface area contributed by atoms with Crippen LogP contribution in [0.4, 0.5) is 10.7 Å². The third-order valence-corrected chi connectivity index (χ3v) is 4.94. The van der Waals surface area contributed by atoms with Crippen LogP contribution in [0.3, 0.4) is 0 Å². The molecule has 0 aliphatic carbocycles. The van der Waals surface area contributed by atoms with Gasteiger partial charge >= 0.3 is 6.03 Å². The molecule has 3 rings (SSSR count). The van der Waals surface area contributed by atoms with Crippen LogP contribution in [0.5, 0.6) is 11.8 Å². The summed E-state index contributed by atoms with van der Waals surface area (Å²) in [4.78, 5) is 20.0. The van der Waals surface area contributed by atoms with Crippen molar-refractivity contribution in [1.82, 2.24) is 24.5 Å². The number of nitrogens with one attached hydrogen (secondary N) is 2. The molecule has 0 bridgehead atoms. The summed E-state index contributed by atoms with van der Waals surface area (Å²) >= 11 is 0. The molecule has 142 valence electrons. The van der Waals surface area contributed by atoms with Crippen molar-refractivity contribution in [2.75, 3.05) is 19.5 Å². The number of amides is 2. The molecule has 0 radical (unpaired) electrons. The topological polar surface area (TPSA) is 137 Å². The maximum atomic E-state index is 12.7. The summed E-state index contributed by atoms with van der Waals surface area (Å²) < 4.78 is 38.3. The van der Waals surface area contributed by atoms with Crippen LogP contribution in [0.2, 0.25) is 0 Å². The first-order valence-electron chi connectivity index (χ1n) is 7.56. The van der Waals surface area contributed by atoms with Gasteiger partial charge in [-0.1, -0.05) is 12.1 Å². The quantitative estimate of drug-likeness (QED) is 0.653. The molecule has 3 aromatic rings. The number of methoxy groups -OCH3 is 2. The van der Waals surface area contributed by atoms with Crippen molar-refractivity contribution in [3.63, 3.8) is 0 Å². The summed E-state index contributed by atoms with van der Waals surface area (Å²) in [5.41, 5.74) is 0.488. The van der Waals surface area contributed by atoms with E-state index in [0.717, 1.165) is 0 Å². The molecule has 0 saturated carbocycles. The molecule has 11 nitrogen and oxygen atoms in total. The highest BCUT2D eigenvalue weighted by Crippen LogP contribution is 2.22. The second-order valence-electron chi connectivity index (χ2n) is 5.28. The number of sulfonamides is 1. The third-order valence-electron chi connectivity index (χ3n) is 3.49. The van der Waals surface area contributed by atoms with Crippen LogP contribution in [0.15, 0.2) is 35.4 Å². The summed E-state index contributed by atoms with van der Waals surface area (Å²) in [7, 11) is 0.0273. The third kappa shape index (κ3) is 3.74. The van der Waals surface area contributed by atoms with E-state index in [1.807, 2.05) is 4.72 Å². The van der Waals surface area contributed by atoms with E-state index in [9.17, 15) is 13.2 Å².